The molecule has 0 bridgehead atoms. The Labute approximate surface area is 106 Å². The van der Waals surface area contributed by atoms with E-state index in [2.05, 4.69) is 11.9 Å². The van der Waals surface area contributed by atoms with E-state index in [0.717, 1.165) is 0 Å². The molecule has 96 valence electrons. The molecule has 0 atom stereocenters. The molecule has 0 saturated heterocycles. The van der Waals surface area contributed by atoms with Crippen LogP contribution in [0.5, 0.6) is 0 Å². The van der Waals surface area contributed by atoms with Crippen LogP contribution in [0.1, 0.15) is 27.2 Å². The third kappa shape index (κ3) is 2.64. The average molecular weight is 247 g/mol. The van der Waals surface area contributed by atoms with Crippen molar-refractivity contribution in [3.63, 3.8) is 0 Å². The summed E-state index contributed by atoms with van der Waals surface area (Å²) in [5.74, 6) is -0.471. The SMILES string of the molecule is C=CC(=O)NCCC1=C(C)C(=O)C(C)=C(C)C1=O. The lowest BCUT2D eigenvalue weighted by Crippen LogP contribution is -2.26. The van der Waals surface area contributed by atoms with E-state index in [0.29, 0.717) is 35.3 Å². The molecule has 0 saturated carbocycles. The molecular formula is C14H17NO3. The van der Waals surface area contributed by atoms with Crippen LogP contribution in [0.2, 0.25) is 0 Å². The average Bonchev–Trinajstić information content (AvgIpc) is 2.37. The number of Topliss-reactive ketones (excluding diaryl/α,β-unsaturated/α-hetero) is 2. The third-order valence-electron chi connectivity index (χ3n) is 3.17. The molecule has 0 aromatic carbocycles. The van der Waals surface area contributed by atoms with Gasteiger partial charge < -0.3 is 5.32 Å². The first-order valence-electron chi connectivity index (χ1n) is 5.77. The monoisotopic (exact) mass is 247 g/mol. The van der Waals surface area contributed by atoms with Gasteiger partial charge in [-0.15, -0.1) is 0 Å². The molecule has 0 spiro atoms. The standard InChI is InChI=1S/C14H17NO3/c1-5-12(16)15-7-6-11-10(4)13(17)8(2)9(3)14(11)18/h5H,1,6-7H2,2-4H3,(H,15,16). The van der Waals surface area contributed by atoms with E-state index in [-0.39, 0.29) is 17.5 Å². The van der Waals surface area contributed by atoms with Gasteiger partial charge in [-0.1, -0.05) is 6.58 Å². The van der Waals surface area contributed by atoms with E-state index < -0.39 is 0 Å². The summed E-state index contributed by atoms with van der Waals surface area (Å²) in [5.41, 5.74) is 1.98. The molecule has 0 fully saturated rings. The highest BCUT2D eigenvalue weighted by Gasteiger charge is 2.27. The molecule has 18 heavy (non-hydrogen) atoms. The van der Waals surface area contributed by atoms with Gasteiger partial charge in [0.05, 0.1) is 0 Å². The molecule has 0 aliphatic heterocycles. The van der Waals surface area contributed by atoms with E-state index in [1.165, 1.54) is 6.08 Å². The molecule has 1 aliphatic rings. The van der Waals surface area contributed by atoms with Crippen molar-refractivity contribution in [1.29, 1.82) is 0 Å². The number of allylic oxidation sites excluding steroid dienone is 3. The van der Waals surface area contributed by atoms with Crippen LogP contribution in [-0.2, 0) is 14.4 Å². The highest BCUT2D eigenvalue weighted by atomic mass is 16.1. The fraction of sp³-hybridized carbons (Fsp3) is 0.357. The summed E-state index contributed by atoms with van der Waals surface area (Å²) in [4.78, 5) is 34.9. The molecule has 1 rings (SSSR count). The number of nitrogens with one attached hydrogen (secondary N) is 1. The van der Waals surface area contributed by atoms with Crippen LogP contribution in [0.4, 0.5) is 0 Å². The van der Waals surface area contributed by atoms with Gasteiger partial charge in [0.25, 0.3) is 0 Å². The number of hydrogen-bond donors (Lipinski definition) is 1. The molecule has 0 radical (unpaired) electrons. The first-order chi connectivity index (χ1) is 8.40. The Balaban J connectivity index is 2.82. The van der Waals surface area contributed by atoms with Gasteiger partial charge in [0.2, 0.25) is 5.91 Å². The van der Waals surface area contributed by atoms with Crippen molar-refractivity contribution in [2.45, 2.75) is 27.2 Å². The van der Waals surface area contributed by atoms with Gasteiger partial charge in [-0.2, -0.15) is 0 Å². The number of ketones is 2. The highest BCUT2D eigenvalue weighted by molar-refractivity contribution is 6.24. The predicted octanol–water partition coefficient (Wildman–Crippen LogP) is 1.48. The maximum absolute atomic E-state index is 12.0. The quantitative estimate of drug-likeness (QED) is 0.604. The third-order valence-corrected chi connectivity index (χ3v) is 3.17. The van der Waals surface area contributed by atoms with E-state index >= 15 is 0 Å². The first kappa shape index (κ1) is 14.1. The van der Waals surface area contributed by atoms with Crippen LogP contribution in [0.15, 0.2) is 34.9 Å². The molecule has 4 nitrogen and oxygen atoms in total. The molecule has 1 aliphatic carbocycles. The predicted molar refractivity (Wildman–Crippen MR) is 68.9 cm³/mol. The summed E-state index contributed by atoms with van der Waals surface area (Å²) in [7, 11) is 0. The minimum atomic E-state index is -0.286. The molecule has 0 unspecified atom stereocenters. The number of carbonyl (C=O) groups is 3. The molecule has 0 heterocycles. The van der Waals surface area contributed by atoms with Crippen LogP contribution in [0, 0.1) is 0 Å². The number of rotatable bonds is 4. The Morgan fingerprint density at radius 3 is 2.22 bits per heavy atom. The van der Waals surface area contributed by atoms with Crippen molar-refractivity contribution in [3.05, 3.63) is 34.9 Å². The molecule has 1 N–H and O–H groups in total. The van der Waals surface area contributed by atoms with Crippen LogP contribution in [0.3, 0.4) is 0 Å². The molecule has 0 aromatic heterocycles. The Bertz CT molecular complexity index is 495. The second-order valence-electron chi connectivity index (χ2n) is 4.26. The van der Waals surface area contributed by atoms with Crippen molar-refractivity contribution in [3.8, 4) is 0 Å². The summed E-state index contributed by atoms with van der Waals surface area (Å²) < 4.78 is 0. The summed E-state index contributed by atoms with van der Waals surface area (Å²) in [6.07, 6.45) is 1.53. The van der Waals surface area contributed by atoms with Crippen molar-refractivity contribution < 1.29 is 14.4 Å². The summed E-state index contributed by atoms with van der Waals surface area (Å²) >= 11 is 0. The maximum atomic E-state index is 12.0. The Morgan fingerprint density at radius 2 is 1.67 bits per heavy atom. The van der Waals surface area contributed by atoms with Crippen LogP contribution in [-0.4, -0.2) is 24.0 Å². The Morgan fingerprint density at radius 1 is 1.11 bits per heavy atom. The molecule has 0 aromatic rings. The van der Waals surface area contributed by atoms with Gasteiger partial charge in [0, 0.05) is 28.8 Å². The van der Waals surface area contributed by atoms with Gasteiger partial charge in [0.15, 0.2) is 11.6 Å². The van der Waals surface area contributed by atoms with Crippen molar-refractivity contribution in [2.24, 2.45) is 0 Å². The van der Waals surface area contributed by atoms with Crippen molar-refractivity contribution >= 4 is 17.5 Å². The van der Waals surface area contributed by atoms with Gasteiger partial charge in [0.1, 0.15) is 0 Å². The zero-order valence-electron chi connectivity index (χ0n) is 10.9. The summed E-state index contributed by atoms with van der Waals surface area (Å²) in [6, 6.07) is 0. The normalized spacial score (nSPS) is 16.2. The number of hydrogen-bond acceptors (Lipinski definition) is 3. The summed E-state index contributed by atoms with van der Waals surface area (Å²) in [6.45, 7) is 8.63. The zero-order valence-corrected chi connectivity index (χ0v) is 10.9. The highest BCUT2D eigenvalue weighted by Crippen LogP contribution is 2.25. The van der Waals surface area contributed by atoms with Gasteiger partial charge >= 0.3 is 0 Å². The van der Waals surface area contributed by atoms with E-state index in [9.17, 15) is 14.4 Å². The lowest BCUT2D eigenvalue weighted by molar-refractivity contribution is -0.117. The fourth-order valence-electron chi connectivity index (χ4n) is 1.84. The Hall–Kier alpha value is -1.97. The van der Waals surface area contributed by atoms with Crippen molar-refractivity contribution in [1.82, 2.24) is 5.32 Å². The smallest absolute Gasteiger partial charge is 0.243 e. The van der Waals surface area contributed by atoms with Gasteiger partial charge in [-0.05, 0) is 33.3 Å². The Kier molecular flexibility index (Phi) is 4.37. The summed E-state index contributed by atoms with van der Waals surface area (Å²) in [5, 5.41) is 2.59. The topological polar surface area (TPSA) is 63.2 Å². The minimum Gasteiger partial charge on any atom is -0.352 e. The first-order valence-corrected chi connectivity index (χ1v) is 5.77. The lowest BCUT2D eigenvalue weighted by atomic mass is 9.84. The number of carbonyl (C=O) groups excluding carboxylic acids is 3. The van der Waals surface area contributed by atoms with Crippen LogP contribution >= 0.6 is 0 Å². The van der Waals surface area contributed by atoms with E-state index in [1.807, 2.05) is 0 Å². The molecule has 4 heteroatoms. The van der Waals surface area contributed by atoms with Crippen molar-refractivity contribution in [2.75, 3.05) is 6.54 Å². The van der Waals surface area contributed by atoms with Gasteiger partial charge in [-0.3, -0.25) is 14.4 Å². The minimum absolute atomic E-state index is 0.0860. The van der Waals surface area contributed by atoms with Crippen LogP contribution < -0.4 is 5.32 Å². The molecular weight excluding hydrogens is 230 g/mol. The second kappa shape index (κ2) is 5.58. The van der Waals surface area contributed by atoms with E-state index in [1.54, 1.807) is 20.8 Å². The fourth-order valence-corrected chi connectivity index (χ4v) is 1.84. The van der Waals surface area contributed by atoms with Gasteiger partial charge in [-0.25, -0.2) is 0 Å². The maximum Gasteiger partial charge on any atom is 0.243 e. The number of amides is 1. The second-order valence-corrected chi connectivity index (χ2v) is 4.26. The largest absolute Gasteiger partial charge is 0.352 e. The lowest BCUT2D eigenvalue weighted by Gasteiger charge is -2.18. The molecule has 1 amide bonds. The van der Waals surface area contributed by atoms with E-state index in [4.69, 9.17) is 0 Å². The van der Waals surface area contributed by atoms with Crippen LogP contribution in [0.25, 0.3) is 0 Å². The zero-order chi connectivity index (χ0) is 13.9.